The number of hydrogen-bond acceptors (Lipinski definition) is 2. The minimum atomic E-state index is 0.107. The van der Waals surface area contributed by atoms with Gasteiger partial charge in [-0.25, -0.2) is 0 Å². The van der Waals surface area contributed by atoms with Gasteiger partial charge in [0, 0.05) is 13.1 Å². The molecule has 1 aliphatic carbocycles. The molecular weight excluding hydrogens is 178 g/mol. The van der Waals surface area contributed by atoms with Gasteiger partial charge in [0.15, 0.2) is 0 Å². The first kappa shape index (κ1) is 11.5. The molecule has 1 amide bonds. The average Bonchev–Trinajstić information content (AvgIpc) is 2.07. The first-order chi connectivity index (χ1) is 6.50. The number of rotatable bonds is 4. The first-order valence-electron chi connectivity index (χ1n) is 5.38. The fourth-order valence-electron chi connectivity index (χ4n) is 1.72. The molecule has 0 heterocycles. The first-order valence-corrected chi connectivity index (χ1v) is 5.38. The fraction of sp³-hybridized carbons (Fsp3) is 0.909. The molecule has 0 N–H and O–H groups in total. The van der Waals surface area contributed by atoms with Gasteiger partial charge in [-0.2, -0.15) is 0 Å². The Balaban J connectivity index is 2.23. The van der Waals surface area contributed by atoms with E-state index in [1.807, 2.05) is 25.8 Å². The molecular formula is C11H21NO2. The van der Waals surface area contributed by atoms with Gasteiger partial charge < -0.3 is 9.64 Å². The summed E-state index contributed by atoms with van der Waals surface area (Å²) in [5.41, 5.74) is 0. The topological polar surface area (TPSA) is 29.5 Å². The smallest absolute Gasteiger partial charge is 0.248 e. The number of carbonyl (C=O) groups excluding carboxylic acids is 1. The molecule has 1 rings (SSSR count). The molecule has 14 heavy (non-hydrogen) atoms. The molecule has 0 aliphatic heterocycles. The molecule has 0 radical (unpaired) electrons. The highest BCUT2D eigenvalue weighted by molar-refractivity contribution is 5.77. The lowest BCUT2D eigenvalue weighted by atomic mass is 9.81. The Kier molecular flexibility index (Phi) is 3.93. The normalized spacial score (nSPS) is 26.1. The summed E-state index contributed by atoms with van der Waals surface area (Å²) >= 11 is 0. The molecule has 1 aliphatic rings. The van der Waals surface area contributed by atoms with E-state index in [0.29, 0.717) is 6.04 Å². The van der Waals surface area contributed by atoms with E-state index in [9.17, 15) is 4.79 Å². The van der Waals surface area contributed by atoms with Gasteiger partial charge in [0.2, 0.25) is 5.91 Å². The summed E-state index contributed by atoms with van der Waals surface area (Å²) in [6.45, 7) is 6.33. The maximum Gasteiger partial charge on any atom is 0.248 e. The molecule has 0 aromatic rings. The van der Waals surface area contributed by atoms with Crippen LogP contribution >= 0.6 is 0 Å². The molecule has 0 aromatic heterocycles. The second kappa shape index (κ2) is 4.78. The van der Waals surface area contributed by atoms with E-state index in [1.165, 1.54) is 0 Å². The molecule has 1 fully saturated rings. The van der Waals surface area contributed by atoms with Crippen molar-refractivity contribution in [3.63, 3.8) is 0 Å². The van der Waals surface area contributed by atoms with Gasteiger partial charge >= 0.3 is 0 Å². The number of amides is 1. The summed E-state index contributed by atoms with van der Waals surface area (Å²) in [5, 5.41) is 0. The van der Waals surface area contributed by atoms with Crippen molar-refractivity contribution in [1.29, 1.82) is 0 Å². The van der Waals surface area contributed by atoms with Crippen molar-refractivity contribution >= 4 is 5.91 Å². The SMILES string of the molecule is CC1CC(N(C)C(=O)COC(C)C)C1. The number of likely N-dealkylation sites (N-methyl/N-ethyl adjacent to an activating group) is 1. The van der Waals surface area contributed by atoms with Crippen LogP contribution in [0.3, 0.4) is 0 Å². The van der Waals surface area contributed by atoms with Gasteiger partial charge in [0.05, 0.1) is 6.10 Å². The van der Waals surface area contributed by atoms with Gasteiger partial charge in [-0.3, -0.25) is 4.79 Å². The summed E-state index contributed by atoms with van der Waals surface area (Å²) in [6, 6.07) is 0.452. The van der Waals surface area contributed by atoms with Crippen LogP contribution in [0.5, 0.6) is 0 Å². The zero-order valence-corrected chi connectivity index (χ0v) is 9.62. The second-order valence-corrected chi connectivity index (χ2v) is 4.59. The Hall–Kier alpha value is -0.570. The minimum Gasteiger partial charge on any atom is -0.369 e. The zero-order chi connectivity index (χ0) is 10.7. The van der Waals surface area contributed by atoms with Gasteiger partial charge in [0.1, 0.15) is 6.61 Å². The van der Waals surface area contributed by atoms with Crippen LogP contribution in [-0.2, 0) is 9.53 Å². The lowest BCUT2D eigenvalue weighted by Gasteiger charge is -2.39. The van der Waals surface area contributed by atoms with Gasteiger partial charge in [0.25, 0.3) is 0 Å². The lowest BCUT2D eigenvalue weighted by molar-refractivity contribution is -0.140. The predicted molar refractivity (Wildman–Crippen MR) is 56.0 cm³/mol. The van der Waals surface area contributed by atoms with Crippen molar-refractivity contribution in [1.82, 2.24) is 4.90 Å². The highest BCUT2D eigenvalue weighted by Crippen LogP contribution is 2.30. The van der Waals surface area contributed by atoms with E-state index < -0.39 is 0 Å². The van der Waals surface area contributed by atoms with Crippen molar-refractivity contribution in [3.05, 3.63) is 0 Å². The summed E-state index contributed by atoms with van der Waals surface area (Å²) in [4.78, 5) is 13.4. The number of hydrogen-bond donors (Lipinski definition) is 0. The molecule has 0 unspecified atom stereocenters. The van der Waals surface area contributed by atoms with E-state index >= 15 is 0 Å². The van der Waals surface area contributed by atoms with Crippen LogP contribution in [-0.4, -0.2) is 36.6 Å². The van der Waals surface area contributed by atoms with Crippen LogP contribution in [0.2, 0.25) is 0 Å². The van der Waals surface area contributed by atoms with E-state index in [4.69, 9.17) is 4.74 Å². The summed E-state index contributed by atoms with van der Waals surface area (Å²) < 4.78 is 5.28. The molecule has 3 nitrogen and oxygen atoms in total. The second-order valence-electron chi connectivity index (χ2n) is 4.59. The number of nitrogens with zero attached hydrogens (tertiary/aromatic N) is 1. The van der Waals surface area contributed by atoms with E-state index in [0.717, 1.165) is 18.8 Å². The number of ether oxygens (including phenoxy) is 1. The molecule has 0 saturated heterocycles. The largest absolute Gasteiger partial charge is 0.369 e. The Morgan fingerprint density at radius 2 is 2.07 bits per heavy atom. The van der Waals surface area contributed by atoms with Crippen LogP contribution in [0.25, 0.3) is 0 Å². The van der Waals surface area contributed by atoms with Crippen molar-refractivity contribution in [2.24, 2.45) is 5.92 Å². The van der Waals surface area contributed by atoms with Crippen molar-refractivity contribution in [2.75, 3.05) is 13.7 Å². The molecule has 0 bridgehead atoms. The van der Waals surface area contributed by atoms with Crippen molar-refractivity contribution < 1.29 is 9.53 Å². The molecule has 3 heteroatoms. The van der Waals surface area contributed by atoms with Gasteiger partial charge in [-0.15, -0.1) is 0 Å². The average molecular weight is 199 g/mol. The van der Waals surface area contributed by atoms with Crippen LogP contribution in [0, 0.1) is 5.92 Å². The summed E-state index contributed by atoms with van der Waals surface area (Å²) in [5.74, 6) is 0.886. The Morgan fingerprint density at radius 1 is 1.50 bits per heavy atom. The molecule has 1 saturated carbocycles. The molecule has 82 valence electrons. The molecule has 0 atom stereocenters. The fourth-order valence-corrected chi connectivity index (χ4v) is 1.72. The van der Waals surface area contributed by atoms with Crippen LogP contribution < -0.4 is 0 Å². The van der Waals surface area contributed by atoms with Gasteiger partial charge in [-0.1, -0.05) is 6.92 Å². The minimum absolute atomic E-state index is 0.107. The van der Waals surface area contributed by atoms with Gasteiger partial charge in [-0.05, 0) is 32.6 Å². The van der Waals surface area contributed by atoms with E-state index in [2.05, 4.69) is 6.92 Å². The van der Waals surface area contributed by atoms with Crippen molar-refractivity contribution in [2.45, 2.75) is 45.8 Å². The summed E-state index contributed by atoms with van der Waals surface area (Å²) in [6.07, 6.45) is 2.42. The zero-order valence-electron chi connectivity index (χ0n) is 9.62. The quantitative estimate of drug-likeness (QED) is 0.689. The third-order valence-corrected chi connectivity index (χ3v) is 2.83. The third kappa shape index (κ3) is 2.98. The Morgan fingerprint density at radius 3 is 2.50 bits per heavy atom. The number of carbonyl (C=O) groups is 1. The van der Waals surface area contributed by atoms with E-state index in [-0.39, 0.29) is 18.6 Å². The Labute approximate surface area is 86.4 Å². The summed E-state index contributed by atoms with van der Waals surface area (Å²) in [7, 11) is 1.88. The predicted octanol–water partition coefficient (Wildman–Crippen LogP) is 1.67. The van der Waals surface area contributed by atoms with Crippen molar-refractivity contribution in [3.8, 4) is 0 Å². The monoisotopic (exact) mass is 199 g/mol. The Bertz CT molecular complexity index is 197. The van der Waals surface area contributed by atoms with Crippen LogP contribution in [0.4, 0.5) is 0 Å². The molecule has 0 aromatic carbocycles. The van der Waals surface area contributed by atoms with E-state index in [1.54, 1.807) is 0 Å². The standard InChI is InChI=1S/C11H21NO2/c1-8(2)14-7-11(13)12(4)10-5-9(3)6-10/h8-10H,5-7H2,1-4H3. The highest BCUT2D eigenvalue weighted by atomic mass is 16.5. The maximum atomic E-state index is 11.6. The van der Waals surface area contributed by atoms with Crippen LogP contribution in [0.1, 0.15) is 33.6 Å². The molecule has 0 spiro atoms. The van der Waals surface area contributed by atoms with Crippen LogP contribution in [0.15, 0.2) is 0 Å². The highest BCUT2D eigenvalue weighted by Gasteiger charge is 2.31. The third-order valence-electron chi connectivity index (χ3n) is 2.83. The lowest BCUT2D eigenvalue weighted by Crippen LogP contribution is -2.46. The maximum absolute atomic E-state index is 11.6.